The van der Waals surface area contributed by atoms with Gasteiger partial charge in [-0.15, -0.1) is 0 Å². The molecule has 0 aliphatic heterocycles. The van der Waals surface area contributed by atoms with E-state index >= 15 is 0 Å². The molecule has 0 amide bonds. The molecule has 4 heteroatoms. The number of Topliss-reactive ketones (excluding diaryl/α,β-unsaturated/α-hetero) is 1. The minimum absolute atomic E-state index is 0.271. The summed E-state index contributed by atoms with van der Waals surface area (Å²) in [6.45, 7) is 0. The first kappa shape index (κ1) is 14.4. The van der Waals surface area contributed by atoms with E-state index < -0.39 is 6.10 Å². The Bertz CT molecular complexity index is 485. The van der Waals surface area contributed by atoms with Gasteiger partial charge >= 0.3 is 0 Å². The maximum atomic E-state index is 11.9. The van der Waals surface area contributed by atoms with Crippen LogP contribution in [-0.4, -0.2) is 10.9 Å². The number of aliphatic hydroxyl groups is 1. The predicted molar refractivity (Wildman–Crippen MR) is 74.0 cm³/mol. The van der Waals surface area contributed by atoms with Crippen molar-refractivity contribution in [3.63, 3.8) is 0 Å². The molecule has 0 aliphatic carbocycles. The van der Waals surface area contributed by atoms with Crippen molar-refractivity contribution in [3.05, 3.63) is 71.8 Å². The van der Waals surface area contributed by atoms with E-state index in [1.165, 1.54) is 0 Å². The molecule has 2 atom stereocenters. The van der Waals surface area contributed by atoms with Crippen LogP contribution in [0.1, 0.15) is 22.0 Å². The molecule has 2 unspecified atom stereocenters. The van der Waals surface area contributed by atoms with Crippen molar-refractivity contribution in [2.24, 2.45) is 0 Å². The van der Waals surface area contributed by atoms with Crippen molar-refractivity contribution in [1.29, 1.82) is 0 Å². The summed E-state index contributed by atoms with van der Waals surface area (Å²) in [5, 5.41) is 9.89. The van der Waals surface area contributed by atoms with Crippen molar-refractivity contribution < 1.29 is 14.5 Å². The quantitative estimate of drug-likeness (QED) is 0.683. The molecule has 3 nitrogen and oxygen atoms in total. The first-order valence-corrected chi connectivity index (χ1v) is 5.98. The minimum atomic E-state index is -1.08. The van der Waals surface area contributed by atoms with E-state index in [0.29, 0.717) is 20.2 Å². The van der Waals surface area contributed by atoms with Crippen LogP contribution in [0.2, 0.25) is 0 Å². The van der Waals surface area contributed by atoms with Crippen LogP contribution in [0.5, 0.6) is 0 Å². The lowest BCUT2D eigenvalue weighted by Crippen LogP contribution is -2.11. The molecule has 0 heterocycles. The third-order valence-corrected chi connectivity index (χ3v) is 2.42. The van der Waals surface area contributed by atoms with Crippen molar-refractivity contribution in [2.45, 2.75) is 6.10 Å². The van der Waals surface area contributed by atoms with Crippen molar-refractivity contribution in [3.8, 4) is 0 Å². The highest BCUT2D eigenvalue weighted by molar-refractivity contribution is 7.00. The Balaban J connectivity index is 0.000000771. The van der Waals surface area contributed by atoms with E-state index in [9.17, 15) is 9.90 Å². The number of aliphatic hydroxyl groups excluding tert-OH is 1. The van der Waals surface area contributed by atoms with Gasteiger partial charge < -0.3 is 9.67 Å². The smallest absolute Gasteiger partial charge is 0.195 e. The fraction of sp³-hybridized carbons (Fsp3) is 0.0714. The molecule has 0 saturated heterocycles. The van der Waals surface area contributed by atoms with E-state index in [-0.39, 0.29) is 5.78 Å². The Morgan fingerprint density at radius 3 is 1.83 bits per heavy atom. The normalized spacial score (nSPS) is 11.2. The third kappa shape index (κ3) is 3.66. The molecule has 94 valence electrons. The van der Waals surface area contributed by atoms with Crippen molar-refractivity contribution in [1.82, 2.24) is 0 Å². The van der Waals surface area contributed by atoms with E-state index in [4.69, 9.17) is 4.57 Å². The second kappa shape index (κ2) is 7.59. The third-order valence-electron chi connectivity index (χ3n) is 2.42. The Labute approximate surface area is 108 Å². The maximum Gasteiger partial charge on any atom is 0.195 e. The van der Waals surface area contributed by atoms with Crippen LogP contribution in [0, 0.1) is 0 Å². The summed E-state index contributed by atoms with van der Waals surface area (Å²) in [5.41, 5.74) is 1.15. The first-order valence-electron chi connectivity index (χ1n) is 5.40. The highest BCUT2D eigenvalue weighted by Gasteiger charge is 2.18. The fourth-order valence-electron chi connectivity index (χ4n) is 1.55. The summed E-state index contributed by atoms with van der Waals surface area (Å²) < 4.78 is 8.28. The SMILES string of the molecule is O=C(c1ccccc1)C(O)c1ccccc1.O=[PH3]. The number of rotatable bonds is 3. The number of carbonyl (C=O) groups is 1. The van der Waals surface area contributed by atoms with Crippen LogP contribution >= 0.6 is 9.12 Å². The number of carbonyl (C=O) groups excluding carboxylic acids is 1. The monoisotopic (exact) mass is 262 g/mol. The van der Waals surface area contributed by atoms with Crippen molar-refractivity contribution >= 4 is 14.9 Å². The van der Waals surface area contributed by atoms with Crippen molar-refractivity contribution in [2.75, 3.05) is 0 Å². The Morgan fingerprint density at radius 1 is 0.889 bits per heavy atom. The predicted octanol–water partition coefficient (Wildman–Crippen LogP) is 2.54. The molecule has 0 aliphatic rings. The summed E-state index contributed by atoms with van der Waals surface area (Å²) >= 11 is 0. The molecule has 0 fully saturated rings. The Kier molecular flexibility index (Phi) is 6.06. The zero-order chi connectivity index (χ0) is 13.4. The molecule has 2 rings (SSSR count). The average Bonchev–Trinajstić information content (AvgIpc) is 2.49. The standard InChI is InChI=1S/C14H12O2.H3OP/c15-13(11-7-3-1-4-8-11)14(16)12-9-5-2-6-10-12;1-2/h1-10,13,15H;2H3. The molecule has 0 radical (unpaired) electrons. The van der Waals surface area contributed by atoms with E-state index in [0.717, 1.165) is 0 Å². The number of ketones is 1. The lowest BCUT2D eigenvalue weighted by molar-refractivity contribution is 0.0747. The van der Waals surface area contributed by atoms with Crippen LogP contribution < -0.4 is 0 Å². The van der Waals surface area contributed by atoms with Gasteiger partial charge in [0, 0.05) is 5.56 Å². The van der Waals surface area contributed by atoms with Gasteiger partial charge in [-0.2, -0.15) is 0 Å². The zero-order valence-electron chi connectivity index (χ0n) is 9.82. The van der Waals surface area contributed by atoms with Gasteiger partial charge in [0.2, 0.25) is 0 Å². The van der Waals surface area contributed by atoms with Gasteiger partial charge in [0.1, 0.15) is 6.10 Å². The molecule has 0 bridgehead atoms. The van der Waals surface area contributed by atoms with Gasteiger partial charge in [0.25, 0.3) is 0 Å². The van der Waals surface area contributed by atoms with E-state index in [2.05, 4.69) is 0 Å². The fourth-order valence-corrected chi connectivity index (χ4v) is 1.55. The van der Waals surface area contributed by atoms with Gasteiger partial charge in [-0.3, -0.25) is 4.79 Å². The molecular formula is C14H15O3P. The summed E-state index contributed by atoms with van der Waals surface area (Å²) in [6.07, 6.45) is -1.08. The summed E-state index contributed by atoms with van der Waals surface area (Å²) in [5.74, 6) is -0.271. The zero-order valence-corrected chi connectivity index (χ0v) is 11.2. The van der Waals surface area contributed by atoms with Crippen LogP contribution in [0.25, 0.3) is 0 Å². The molecule has 0 spiro atoms. The Morgan fingerprint density at radius 2 is 1.33 bits per heavy atom. The summed E-state index contributed by atoms with van der Waals surface area (Å²) in [7, 11) is 0.611. The molecule has 18 heavy (non-hydrogen) atoms. The minimum Gasteiger partial charge on any atom is -0.380 e. The number of benzene rings is 2. The second-order valence-corrected chi connectivity index (χ2v) is 3.54. The average molecular weight is 262 g/mol. The summed E-state index contributed by atoms with van der Waals surface area (Å²) in [4.78, 5) is 11.9. The number of hydrogen-bond donors (Lipinski definition) is 1. The molecule has 0 saturated carbocycles. The second-order valence-electron chi connectivity index (χ2n) is 3.54. The summed E-state index contributed by atoms with van der Waals surface area (Å²) in [6, 6.07) is 17.7. The maximum absolute atomic E-state index is 11.9. The number of hydrogen-bond acceptors (Lipinski definition) is 3. The first-order chi connectivity index (χ1) is 8.79. The van der Waals surface area contributed by atoms with E-state index in [1.807, 2.05) is 12.1 Å². The lowest BCUT2D eigenvalue weighted by atomic mass is 10.0. The van der Waals surface area contributed by atoms with Crippen LogP contribution in [-0.2, 0) is 4.57 Å². The van der Waals surface area contributed by atoms with Crippen LogP contribution in [0.4, 0.5) is 0 Å². The van der Waals surface area contributed by atoms with Crippen LogP contribution in [0.15, 0.2) is 60.7 Å². The van der Waals surface area contributed by atoms with Gasteiger partial charge in [-0.05, 0) is 5.56 Å². The largest absolute Gasteiger partial charge is 0.380 e. The van der Waals surface area contributed by atoms with Crippen LogP contribution in [0.3, 0.4) is 0 Å². The molecular weight excluding hydrogens is 247 g/mol. The molecule has 2 aromatic carbocycles. The Hall–Kier alpha value is -1.70. The highest BCUT2D eigenvalue weighted by atomic mass is 31.0. The highest BCUT2D eigenvalue weighted by Crippen LogP contribution is 2.17. The molecule has 1 N–H and O–H groups in total. The van der Waals surface area contributed by atoms with Gasteiger partial charge in [0.05, 0.1) is 9.12 Å². The van der Waals surface area contributed by atoms with Gasteiger partial charge in [-0.25, -0.2) is 0 Å². The van der Waals surface area contributed by atoms with Gasteiger partial charge in [0.15, 0.2) is 5.78 Å². The topological polar surface area (TPSA) is 54.4 Å². The molecule has 2 aromatic rings. The van der Waals surface area contributed by atoms with E-state index in [1.54, 1.807) is 48.5 Å². The lowest BCUT2D eigenvalue weighted by Gasteiger charge is -2.09. The molecule has 0 aromatic heterocycles. The van der Waals surface area contributed by atoms with Gasteiger partial charge in [-0.1, -0.05) is 60.7 Å².